The van der Waals surface area contributed by atoms with Crippen molar-refractivity contribution in [3.8, 4) is 0 Å². The Hall–Kier alpha value is -2.12. The first kappa shape index (κ1) is 19.6. The van der Waals surface area contributed by atoms with Gasteiger partial charge in [0.25, 0.3) is 5.91 Å². The number of esters is 1. The molecule has 2 aliphatic rings. The number of carbonyl (C=O) groups is 3. The predicted octanol–water partition coefficient (Wildman–Crippen LogP) is 2.99. The number of β-lactam (4-membered cyclic amide) rings is 1. The average Bonchev–Trinajstić information content (AvgIpc) is 2.63. The lowest BCUT2D eigenvalue weighted by atomic mass is 9.85. The topological polar surface area (TPSA) is 72.9 Å². The Morgan fingerprint density at radius 3 is 2.33 bits per heavy atom. The Labute approximate surface area is 162 Å². The molecule has 1 amide bonds. The number of ether oxygens (including phenoxy) is 2. The summed E-state index contributed by atoms with van der Waals surface area (Å²) in [5, 5.41) is -0.388. The first-order valence-corrected chi connectivity index (χ1v) is 9.64. The van der Waals surface area contributed by atoms with Gasteiger partial charge in [-0.05, 0) is 19.1 Å². The lowest BCUT2D eigenvalue weighted by Gasteiger charge is -2.51. The molecule has 27 heavy (non-hydrogen) atoms. The molecule has 0 bridgehead atoms. The van der Waals surface area contributed by atoms with Crippen LogP contribution in [0.25, 0.3) is 0 Å². The number of methoxy groups -OCH3 is 1. The van der Waals surface area contributed by atoms with Crippen LogP contribution in [0, 0.1) is 5.41 Å². The van der Waals surface area contributed by atoms with E-state index in [-0.39, 0.29) is 17.1 Å². The van der Waals surface area contributed by atoms with Crippen LogP contribution in [0.1, 0.15) is 38.1 Å². The fraction of sp³-hybridized carbons (Fsp3) is 0.450. The number of allylic oxidation sites excluding steroid dienone is 1. The molecule has 7 heteroatoms. The highest BCUT2D eigenvalue weighted by Gasteiger charge is 2.56. The van der Waals surface area contributed by atoms with Gasteiger partial charge in [0.1, 0.15) is 5.37 Å². The SMILES string of the molecule is CO[C@@H]1C(=O)N2C(C(=O)C(C)(C)C)=C(C)C(OC(=O)c3ccccc3)S[C@H]12. The maximum Gasteiger partial charge on any atom is 0.339 e. The summed E-state index contributed by atoms with van der Waals surface area (Å²) in [6, 6.07) is 8.68. The van der Waals surface area contributed by atoms with Crippen molar-refractivity contribution in [3.05, 3.63) is 47.2 Å². The van der Waals surface area contributed by atoms with E-state index in [4.69, 9.17) is 9.47 Å². The van der Waals surface area contributed by atoms with Crippen LogP contribution >= 0.6 is 11.8 Å². The molecule has 0 N–H and O–H groups in total. The summed E-state index contributed by atoms with van der Waals surface area (Å²) < 4.78 is 11.0. The zero-order valence-electron chi connectivity index (χ0n) is 16.0. The fourth-order valence-corrected chi connectivity index (χ4v) is 4.47. The number of Topliss-reactive ketones (excluding diaryl/α,β-unsaturated/α-hetero) is 1. The second kappa shape index (κ2) is 7.13. The molecule has 1 unspecified atom stereocenters. The van der Waals surface area contributed by atoms with Gasteiger partial charge in [0.2, 0.25) is 0 Å². The summed E-state index contributed by atoms with van der Waals surface area (Å²) in [5.41, 5.74) is -0.00922. The Bertz CT molecular complexity index is 811. The van der Waals surface area contributed by atoms with Crippen molar-refractivity contribution < 1.29 is 23.9 Å². The van der Waals surface area contributed by atoms with Gasteiger partial charge in [-0.15, -0.1) is 0 Å². The maximum atomic E-state index is 13.0. The molecule has 1 saturated heterocycles. The number of hydrogen-bond acceptors (Lipinski definition) is 6. The lowest BCUT2D eigenvalue weighted by Crippen LogP contribution is -2.66. The van der Waals surface area contributed by atoms with Gasteiger partial charge >= 0.3 is 5.97 Å². The van der Waals surface area contributed by atoms with E-state index in [2.05, 4.69) is 0 Å². The minimum Gasteiger partial charge on any atom is -0.443 e. The van der Waals surface area contributed by atoms with Crippen LogP contribution in [0.3, 0.4) is 0 Å². The zero-order chi connectivity index (χ0) is 19.9. The van der Waals surface area contributed by atoms with E-state index in [0.717, 1.165) is 0 Å². The van der Waals surface area contributed by atoms with E-state index in [1.165, 1.54) is 23.8 Å². The third kappa shape index (κ3) is 3.41. The number of benzene rings is 1. The van der Waals surface area contributed by atoms with E-state index in [1.807, 2.05) is 6.07 Å². The highest BCUT2D eigenvalue weighted by atomic mass is 32.2. The van der Waals surface area contributed by atoms with E-state index < -0.39 is 22.9 Å². The summed E-state index contributed by atoms with van der Waals surface area (Å²) in [6.45, 7) is 7.14. The quantitative estimate of drug-likeness (QED) is 0.582. The molecule has 3 atom stereocenters. The molecule has 1 aromatic carbocycles. The normalized spacial score (nSPS) is 25.0. The van der Waals surface area contributed by atoms with Crippen LogP contribution in [-0.2, 0) is 19.1 Å². The molecular weight excluding hydrogens is 366 g/mol. The van der Waals surface area contributed by atoms with Crippen LogP contribution in [0.4, 0.5) is 0 Å². The molecular formula is C20H23NO5S. The van der Waals surface area contributed by atoms with Gasteiger partial charge in [0.05, 0.1) is 11.3 Å². The number of rotatable bonds is 4. The molecule has 1 fully saturated rings. The van der Waals surface area contributed by atoms with E-state index in [0.29, 0.717) is 16.8 Å². The van der Waals surface area contributed by atoms with E-state index in [1.54, 1.807) is 52.0 Å². The van der Waals surface area contributed by atoms with Crippen molar-refractivity contribution in [3.63, 3.8) is 0 Å². The number of fused-ring (bicyclic) bond motifs is 1. The largest absolute Gasteiger partial charge is 0.443 e. The minimum absolute atomic E-state index is 0.158. The Morgan fingerprint density at radius 2 is 1.78 bits per heavy atom. The first-order chi connectivity index (χ1) is 12.7. The smallest absolute Gasteiger partial charge is 0.339 e. The summed E-state index contributed by atoms with van der Waals surface area (Å²) in [7, 11) is 1.46. The molecule has 1 aromatic rings. The molecule has 0 spiro atoms. The van der Waals surface area contributed by atoms with Crippen LogP contribution in [-0.4, -0.2) is 46.6 Å². The molecule has 144 valence electrons. The van der Waals surface area contributed by atoms with Gasteiger partial charge < -0.3 is 9.47 Å². The monoisotopic (exact) mass is 389 g/mol. The standard InChI is InChI=1S/C20H23NO5S/c1-11-13(15(22)20(2,3)4)21-16(23)14(25-5)17(21)27-19(11)26-18(24)12-9-7-6-8-10-12/h6-10,14,17,19H,1-5H3/t14-,17-,19?/m1/s1. The van der Waals surface area contributed by atoms with Crippen molar-refractivity contribution in [1.29, 1.82) is 0 Å². The number of thioether (sulfide) groups is 1. The molecule has 0 radical (unpaired) electrons. The highest BCUT2D eigenvalue weighted by molar-refractivity contribution is 8.00. The minimum atomic E-state index is -0.671. The van der Waals surface area contributed by atoms with E-state index >= 15 is 0 Å². The van der Waals surface area contributed by atoms with E-state index in [9.17, 15) is 14.4 Å². The predicted molar refractivity (Wildman–Crippen MR) is 102 cm³/mol. The molecule has 3 rings (SSSR count). The lowest BCUT2D eigenvalue weighted by molar-refractivity contribution is -0.160. The molecule has 0 aromatic heterocycles. The summed E-state index contributed by atoms with van der Waals surface area (Å²) in [5.74, 6) is -0.869. The summed E-state index contributed by atoms with van der Waals surface area (Å²) in [6.07, 6.45) is -0.649. The van der Waals surface area contributed by atoms with Crippen molar-refractivity contribution in [2.24, 2.45) is 5.41 Å². The number of ketones is 1. The van der Waals surface area contributed by atoms with Crippen molar-refractivity contribution in [2.75, 3.05) is 7.11 Å². The Morgan fingerprint density at radius 1 is 1.15 bits per heavy atom. The van der Waals surface area contributed by atoms with Crippen molar-refractivity contribution in [2.45, 2.75) is 44.6 Å². The summed E-state index contributed by atoms with van der Waals surface area (Å²) >= 11 is 1.31. The van der Waals surface area contributed by atoms with Crippen LogP contribution in [0.15, 0.2) is 41.6 Å². The molecule has 6 nitrogen and oxygen atoms in total. The van der Waals surface area contributed by atoms with Crippen molar-refractivity contribution >= 4 is 29.4 Å². The van der Waals surface area contributed by atoms with Crippen molar-refractivity contribution in [1.82, 2.24) is 4.90 Å². The van der Waals surface area contributed by atoms with Crippen LogP contribution < -0.4 is 0 Å². The molecule has 2 heterocycles. The maximum absolute atomic E-state index is 13.0. The zero-order valence-corrected chi connectivity index (χ0v) is 16.8. The van der Waals surface area contributed by atoms with Crippen LogP contribution in [0.5, 0.6) is 0 Å². The number of nitrogens with zero attached hydrogens (tertiary/aromatic N) is 1. The highest BCUT2D eigenvalue weighted by Crippen LogP contribution is 2.47. The second-order valence-corrected chi connectivity index (χ2v) is 8.79. The average molecular weight is 389 g/mol. The van der Waals surface area contributed by atoms with Crippen LogP contribution in [0.2, 0.25) is 0 Å². The number of hydrogen-bond donors (Lipinski definition) is 0. The molecule has 0 saturated carbocycles. The number of carbonyl (C=O) groups excluding carboxylic acids is 3. The Kier molecular flexibility index (Phi) is 5.18. The van der Waals surface area contributed by atoms with Gasteiger partial charge in [0, 0.05) is 18.1 Å². The third-order valence-electron chi connectivity index (χ3n) is 4.60. The second-order valence-electron chi connectivity index (χ2n) is 7.61. The van der Waals surface area contributed by atoms with Gasteiger partial charge in [-0.1, -0.05) is 50.7 Å². The molecule has 2 aliphatic heterocycles. The van der Waals surface area contributed by atoms with Gasteiger partial charge in [-0.25, -0.2) is 4.79 Å². The van der Waals surface area contributed by atoms with Gasteiger partial charge in [0.15, 0.2) is 17.3 Å². The first-order valence-electron chi connectivity index (χ1n) is 8.69. The third-order valence-corrected chi connectivity index (χ3v) is 6.03. The number of amides is 1. The summed E-state index contributed by atoms with van der Waals surface area (Å²) in [4.78, 5) is 39.5. The van der Waals surface area contributed by atoms with Gasteiger partial charge in [-0.2, -0.15) is 0 Å². The fourth-order valence-electron chi connectivity index (χ4n) is 3.05. The van der Waals surface area contributed by atoms with Gasteiger partial charge in [-0.3, -0.25) is 14.5 Å². The molecule has 0 aliphatic carbocycles. The Balaban J connectivity index is 1.95.